The maximum atomic E-state index is 3.82. The fourth-order valence-corrected chi connectivity index (χ4v) is 3.44. The van der Waals surface area contributed by atoms with Crippen molar-refractivity contribution in [1.29, 1.82) is 0 Å². The number of nitrogens with zero attached hydrogens (tertiary/aromatic N) is 3. The van der Waals surface area contributed by atoms with Crippen LogP contribution in [0.1, 0.15) is 30.4 Å². The SMILES string of the molecule is C=Cc1ccc(CN2CCCN3C=[N+](CCC3)CCC2)cc1. The van der Waals surface area contributed by atoms with Gasteiger partial charge in [-0.2, -0.15) is 0 Å². The molecule has 3 nitrogen and oxygen atoms in total. The van der Waals surface area contributed by atoms with Crippen molar-refractivity contribution in [3.63, 3.8) is 0 Å². The standard InChI is InChI=1S/C19H28N3/c1-2-18-6-8-19(9-7-18)16-20-10-3-12-21-14-5-15-22(17-21)13-4-11-20/h2,6-9,17H,1,3-5,10-16H2/q+1. The summed E-state index contributed by atoms with van der Waals surface area (Å²) in [6.45, 7) is 12.2. The average Bonchev–Trinajstić information content (AvgIpc) is 2.55. The largest absolute Gasteiger partial charge is 0.299 e. The second kappa shape index (κ2) is 7.59. The topological polar surface area (TPSA) is 9.49 Å². The van der Waals surface area contributed by atoms with Crippen molar-refractivity contribution in [2.45, 2.75) is 25.8 Å². The molecule has 0 radical (unpaired) electrons. The van der Waals surface area contributed by atoms with Gasteiger partial charge in [0, 0.05) is 26.1 Å². The fraction of sp³-hybridized carbons (Fsp3) is 0.526. The van der Waals surface area contributed by atoms with Crippen LogP contribution in [0.3, 0.4) is 0 Å². The fourth-order valence-electron chi connectivity index (χ4n) is 3.44. The van der Waals surface area contributed by atoms with Crippen LogP contribution >= 0.6 is 0 Å². The van der Waals surface area contributed by atoms with Crippen LogP contribution in [0.15, 0.2) is 30.8 Å². The quantitative estimate of drug-likeness (QED) is 0.794. The normalized spacial score (nSPS) is 20.4. The zero-order chi connectivity index (χ0) is 15.2. The molecule has 0 aromatic heterocycles. The van der Waals surface area contributed by atoms with E-state index in [1.807, 2.05) is 6.08 Å². The third kappa shape index (κ3) is 4.20. The zero-order valence-corrected chi connectivity index (χ0v) is 13.6. The molecular formula is C19H28N3+. The minimum atomic E-state index is 1.07. The van der Waals surface area contributed by atoms with E-state index in [0.29, 0.717) is 0 Å². The molecule has 0 saturated heterocycles. The first-order valence-electron chi connectivity index (χ1n) is 8.60. The highest BCUT2D eigenvalue weighted by molar-refractivity contribution is 5.49. The monoisotopic (exact) mass is 298 g/mol. The van der Waals surface area contributed by atoms with Crippen molar-refractivity contribution in [2.24, 2.45) is 0 Å². The number of hydrogen-bond donors (Lipinski definition) is 0. The van der Waals surface area contributed by atoms with Gasteiger partial charge in [0.05, 0.1) is 26.2 Å². The molecule has 2 aliphatic heterocycles. The van der Waals surface area contributed by atoms with E-state index in [2.05, 4.69) is 51.6 Å². The maximum absolute atomic E-state index is 3.82. The summed E-state index contributed by atoms with van der Waals surface area (Å²) in [5.41, 5.74) is 2.61. The van der Waals surface area contributed by atoms with Gasteiger partial charge in [-0.15, -0.1) is 0 Å². The van der Waals surface area contributed by atoms with Gasteiger partial charge in [-0.3, -0.25) is 14.4 Å². The van der Waals surface area contributed by atoms with Gasteiger partial charge >= 0.3 is 0 Å². The van der Waals surface area contributed by atoms with Gasteiger partial charge in [-0.1, -0.05) is 36.9 Å². The second-order valence-electron chi connectivity index (χ2n) is 6.47. The summed E-state index contributed by atoms with van der Waals surface area (Å²) >= 11 is 0. The van der Waals surface area contributed by atoms with E-state index in [-0.39, 0.29) is 0 Å². The van der Waals surface area contributed by atoms with E-state index in [0.717, 1.165) is 6.54 Å². The molecule has 2 aliphatic rings. The van der Waals surface area contributed by atoms with Gasteiger partial charge in [0.1, 0.15) is 0 Å². The highest BCUT2D eigenvalue weighted by Gasteiger charge is 2.18. The number of hydrogen-bond acceptors (Lipinski definition) is 2. The van der Waals surface area contributed by atoms with Crippen LogP contribution in [-0.2, 0) is 6.54 Å². The molecule has 0 fully saturated rings. The van der Waals surface area contributed by atoms with E-state index in [9.17, 15) is 0 Å². The van der Waals surface area contributed by atoms with Gasteiger partial charge in [0.2, 0.25) is 6.34 Å². The third-order valence-corrected chi connectivity index (χ3v) is 4.68. The van der Waals surface area contributed by atoms with Crippen molar-refractivity contribution in [1.82, 2.24) is 9.80 Å². The average molecular weight is 298 g/mol. The van der Waals surface area contributed by atoms with Crippen molar-refractivity contribution in [3.8, 4) is 0 Å². The second-order valence-corrected chi connectivity index (χ2v) is 6.47. The Balaban J connectivity index is 1.59. The van der Waals surface area contributed by atoms with Crippen LogP contribution in [0.2, 0.25) is 0 Å². The van der Waals surface area contributed by atoms with Gasteiger partial charge in [-0.05, 0) is 24.0 Å². The van der Waals surface area contributed by atoms with Crippen LogP contribution in [0.25, 0.3) is 6.08 Å². The molecule has 118 valence electrons. The Labute approximate surface area is 134 Å². The lowest BCUT2D eigenvalue weighted by Gasteiger charge is -2.27. The van der Waals surface area contributed by atoms with Gasteiger partial charge in [-0.25, -0.2) is 0 Å². The highest BCUT2D eigenvalue weighted by Crippen LogP contribution is 2.11. The Kier molecular flexibility index (Phi) is 5.28. The summed E-state index contributed by atoms with van der Waals surface area (Å²) in [6, 6.07) is 8.82. The van der Waals surface area contributed by atoms with Crippen LogP contribution in [0, 0.1) is 0 Å². The molecule has 3 heteroatoms. The predicted molar refractivity (Wildman–Crippen MR) is 93.3 cm³/mol. The molecule has 0 spiro atoms. The van der Waals surface area contributed by atoms with Crippen molar-refractivity contribution < 1.29 is 4.58 Å². The van der Waals surface area contributed by atoms with Crippen molar-refractivity contribution in [3.05, 3.63) is 42.0 Å². The number of rotatable bonds is 3. The Morgan fingerprint density at radius 2 is 1.64 bits per heavy atom. The summed E-state index contributed by atoms with van der Waals surface area (Å²) in [5, 5.41) is 0. The molecule has 0 N–H and O–H groups in total. The van der Waals surface area contributed by atoms with E-state index >= 15 is 0 Å². The lowest BCUT2D eigenvalue weighted by molar-refractivity contribution is -0.533. The van der Waals surface area contributed by atoms with Crippen molar-refractivity contribution in [2.75, 3.05) is 39.3 Å². The molecule has 2 bridgehead atoms. The van der Waals surface area contributed by atoms with Crippen LogP contribution in [0.4, 0.5) is 0 Å². The molecule has 0 aliphatic carbocycles. The van der Waals surface area contributed by atoms with Gasteiger partial charge in [0.15, 0.2) is 0 Å². The summed E-state index contributed by atoms with van der Waals surface area (Å²) in [6.07, 6.45) is 8.11. The molecule has 22 heavy (non-hydrogen) atoms. The Hall–Kier alpha value is -1.61. The lowest BCUT2D eigenvalue weighted by Crippen LogP contribution is -2.40. The summed E-state index contributed by atoms with van der Waals surface area (Å²) < 4.78 is 2.51. The molecule has 0 saturated carbocycles. The number of benzene rings is 1. The van der Waals surface area contributed by atoms with Crippen LogP contribution in [-0.4, -0.2) is 60.0 Å². The zero-order valence-electron chi connectivity index (χ0n) is 13.6. The molecule has 1 aromatic rings. The van der Waals surface area contributed by atoms with Crippen LogP contribution in [0.5, 0.6) is 0 Å². The summed E-state index contributed by atoms with van der Waals surface area (Å²) in [5.74, 6) is 0. The lowest BCUT2D eigenvalue weighted by atomic mass is 10.1. The van der Waals surface area contributed by atoms with Crippen LogP contribution < -0.4 is 0 Å². The first-order valence-corrected chi connectivity index (χ1v) is 8.60. The smallest absolute Gasteiger partial charge is 0.234 e. The first kappa shape index (κ1) is 15.3. The van der Waals surface area contributed by atoms with E-state index in [1.54, 1.807) is 0 Å². The van der Waals surface area contributed by atoms with E-state index in [1.165, 1.54) is 69.7 Å². The Bertz CT molecular complexity index is 518. The Morgan fingerprint density at radius 3 is 2.41 bits per heavy atom. The molecule has 0 amide bonds. The first-order chi connectivity index (χ1) is 10.8. The molecule has 1 aromatic carbocycles. The Morgan fingerprint density at radius 1 is 0.955 bits per heavy atom. The number of fused-ring (bicyclic) bond motifs is 1. The minimum absolute atomic E-state index is 1.07. The third-order valence-electron chi connectivity index (χ3n) is 4.68. The minimum Gasteiger partial charge on any atom is -0.299 e. The van der Waals surface area contributed by atoms with E-state index < -0.39 is 0 Å². The highest BCUT2D eigenvalue weighted by atomic mass is 15.2. The maximum Gasteiger partial charge on any atom is 0.234 e. The van der Waals surface area contributed by atoms with Crippen molar-refractivity contribution >= 4 is 12.4 Å². The summed E-state index contributed by atoms with van der Waals surface area (Å²) in [7, 11) is 0. The molecular weight excluding hydrogens is 270 g/mol. The molecule has 3 rings (SSSR count). The van der Waals surface area contributed by atoms with Gasteiger partial charge < -0.3 is 0 Å². The van der Waals surface area contributed by atoms with Gasteiger partial charge in [0.25, 0.3) is 0 Å². The molecule has 2 heterocycles. The summed E-state index contributed by atoms with van der Waals surface area (Å²) in [4.78, 5) is 5.12. The predicted octanol–water partition coefficient (Wildman–Crippen LogP) is 2.67. The molecule has 0 atom stereocenters. The van der Waals surface area contributed by atoms with E-state index in [4.69, 9.17) is 0 Å². The molecule has 0 unspecified atom stereocenters.